The molecule has 0 spiro atoms. The summed E-state index contributed by atoms with van der Waals surface area (Å²) in [5.74, 6) is 0.818. The van der Waals surface area contributed by atoms with Gasteiger partial charge >= 0.3 is 0 Å². The molecule has 0 aliphatic rings. The third kappa shape index (κ3) is 2.32. The van der Waals surface area contributed by atoms with E-state index in [-0.39, 0.29) is 0 Å². The monoisotopic (exact) mass is 306 g/mol. The van der Waals surface area contributed by atoms with Crippen molar-refractivity contribution < 1.29 is 0 Å². The molecule has 6 heteroatoms. The minimum absolute atomic E-state index is 0.710. The van der Waals surface area contributed by atoms with Gasteiger partial charge in [0.2, 0.25) is 0 Å². The lowest BCUT2D eigenvalue weighted by Gasteiger charge is -2.03. The minimum atomic E-state index is 0.710. The highest BCUT2D eigenvalue weighted by atomic mass is 15.3. The van der Waals surface area contributed by atoms with E-state index in [9.17, 15) is 0 Å². The first-order valence-electron chi connectivity index (χ1n) is 7.57. The number of nitrogens with zero attached hydrogens (tertiary/aromatic N) is 5. The average Bonchev–Trinajstić information content (AvgIpc) is 3.17. The normalized spacial score (nSPS) is 11.4. The van der Waals surface area contributed by atoms with E-state index in [4.69, 9.17) is 4.98 Å². The lowest BCUT2D eigenvalue weighted by atomic mass is 10.1. The zero-order chi connectivity index (χ0) is 16.0. The van der Waals surface area contributed by atoms with Crippen molar-refractivity contribution in [3.63, 3.8) is 0 Å². The van der Waals surface area contributed by atoms with Crippen molar-refractivity contribution in [3.8, 4) is 11.5 Å². The van der Waals surface area contributed by atoms with Crippen LogP contribution in [0.15, 0.2) is 36.8 Å². The Morgan fingerprint density at radius 3 is 2.83 bits per heavy atom. The fraction of sp³-hybridized carbons (Fsp3) is 0.235. The van der Waals surface area contributed by atoms with E-state index in [1.165, 1.54) is 11.1 Å². The second kappa shape index (κ2) is 5.08. The number of H-pyrrole nitrogens is 1. The molecule has 3 aromatic heterocycles. The standard InChI is InChI=1S/C17H18N6/c1-11-5-4-6-13(7-11)9-23-17-15(12(2)21-23)19-16(20-17)14-8-18-10-22(14)3/h4-8,10H,9H2,1-3H3,(H,19,20). The van der Waals surface area contributed by atoms with Gasteiger partial charge in [-0.1, -0.05) is 29.8 Å². The number of hydrogen-bond donors (Lipinski definition) is 1. The molecule has 0 saturated heterocycles. The minimum Gasteiger partial charge on any atom is -0.334 e. The Hall–Kier alpha value is -2.89. The van der Waals surface area contributed by atoms with E-state index in [0.717, 1.165) is 28.4 Å². The smallest absolute Gasteiger partial charge is 0.177 e. The van der Waals surface area contributed by atoms with Crippen LogP contribution >= 0.6 is 0 Å². The summed E-state index contributed by atoms with van der Waals surface area (Å²) in [6.07, 6.45) is 3.58. The van der Waals surface area contributed by atoms with Gasteiger partial charge in [0.1, 0.15) is 11.2 Å². The number of aryl methyl sites for hydroxylation is 3. The third-order valence-corrected chi connectivity index (χ3v) is 4.04. The van der Waals surface area contributed by atoms with E-state index in [2.05, 4.69) is 46.3 Å². The first-order valence-corrected chi connectivity index (χ1v) is 7.57. The molecule has 0 unspecified atom stereocenters. The lowest BCUT2D eigenvalue weighted by Crippen LogP contribution is -2.03. The fourth-order valence-electron chi connectivity index (χ4n) is 2.88. The second-order valence-electron chi connectivity index (χ2n) is 5.91. The Morgan fingerprint density at radius 2 is 2.09 bits per heavy atom. The van der Waals surface area contributed by atoms with E-state index >= 15 is 0 Å². The first kappa shape index (κ1) is 13.8. The lowest BCUT2D eigenvalue weighted by molar-refractivity contribution is 0.695. The topological polar surface area (TPSA) is 64.3 Å². The van der Waals surface area contributed by atoms with Crippen molar-refractivity contribution in [2.75, 3.05) is 0 Å². The second-order valence-corrected chi connectivity index (χ2v) is 5.91. The summed E-state index contributed by atoms with van der Waals surface area (Å²) in [5, 5.41) is 4.62. The molecule has 6 nitrogen and oxygen atoms in total. The van der Waals surface area contributed by atoms with E-state index in [1.54, 1.807) is 6.33 Å². The SMILES string of the molecule is Cc1cccc(Cn2nc(C)c3[nH]c(-c4cncn4C)nc32)c1. The van der Waals surface area contributed by atoms with Crippen molar-refractivity contribution in [1.82, 2.24) is 29.3 Å². The summed E-state index contributed by atoms with van der Waals surface area (Å²) >= 11 is 0. The molecular formula is C17H18N6. The Balaban J connectivity index is 1.79. The highest BCUT2D eigenvalue weighted by Gasteiger charge is 2.15. The molecule has 0 atom stereocenters. The maximum absolute atomic E-state index is 4.74. The van der Waals surface area contributed by atoms with E-state index in [0.29, 0.717) is 6.54 Å². The maximum Gasteiger partial charge on any atom is 0.177 e. The Morgan fingerprint density at radius 1 is 1.22 bits per heavy atom. The molecule has 0 fully saturated rings. The van der Waals surface area contributed by atoms with Crippen LogP contribution in [0.5, 0.6) is 0 Å². The Bertz CT molecular complexity index is 988. The molecule has 0 bridgehead atoms. The summed E-state index contributed by atoms with van der Waals surface area (Å²) < 4.78 is 3.90. The predicted octanol–water partition coefficient (Wildman–Crippen LogP) is 2.83. The van der Waals surface area contributed by atoms with Gasteiger partial charge in [-0.2, -0.15) is 5.10 Å². The first-order chi connectivity index (χ1) is 11.1. The summed E-state index contributed by atoms with van der Waals surface area (Å²) in [6.45, 7) is 4.81. The molecule has 4 aromatic rings. The van der Waals surface area contributed by atoms with Crippen LogP contribution in [-0.2, 0) is 13.6 Å². The molecule has 0 radical (unpaired) electrons. The maximum atomic E-state index is 4.74. The van der Waals surface area contributed by atoms with Gasteiger partial charge in [0.25, 0.3) is 0 Å². The fourth-order valence-corrected chi connectivity index (χ4v) is 2.88. The van der Waals surface area contributed by atoms with Crippen molar-refractivity contribution in [2.24, 2.45) is 7.05 Å². The van der Waals surface area contributed by atoms with Crippen molar-refractivity contribution >= 4 is 11.2 Å². The molecule has 0 aliphatic carbocycles. The molecular weight excluding hydrogens is 288 g/mol. The summed E-state index contributed by atoms with van der Waals surface area (Å²) in [5.41, 5.74) is 6.24. The van der Waals surface area contributed by atoms with Gasteiger partial charge in [-0.3, -0.25) is 0 Å². The molecule has 0 saturated carbocycles. The molecule has 0 amide bonds. The predicted molar refractivity (Wildman–Crippen MR) is 89.1 cm³/mol. The summed E-state index contributed by atoms with van der Waals surface area (Å²) in [4.78, 5) is 12.3. The highest BCUT2D eigenvalue weighted by molar-refractivity contribution is 5.78. The molecule has 3 heterocycles. The quantitative estimate of drug-likeness (QED) is 0.633. The molecule has 4 rings (SSSR count). The summed E-state index contributed by atoms with van der Waals surface area (Å²) in [6, 6.07) is 8.47. The number of benzene rings is 1. The number of aromatic nitrogens is 6. The molecule has 1 aromatic carbocycles. The summed E-state index contributed by atoms with van der Waals surface area (Å²) in [7, 11) is 1.96. The Labute approximate surface area is 133 Å². The highest BCUT2D eigenvalue weighted by Crippen LogP contribution is 2.22. The molecule has 0 aliphatic heterocycles. The van der Waals surface area contributed by atoms with Crippen LogP contribution in [0.25, 0.3) is 22.7 Å². The third-order valence-electron chi connectivity index (χ3n) is 4.04. The van der Waals surface area contributed by atoms with Crippen molar-refractivity contribution in [3.05, 3.63) is 53.6 Å². The molecule has 23 heavy (non-hydrogen) atoms. The number of hydrogen-bond acceptors (Lipinski definition) is 3. The Kier molecular flexibility index (Phi) is 3.04. The van der Waals surface area contributed by atoms with Crippen LogP contribution in [-0.4, -0.2) is 29.3 Å². The van der Waals surface area contributed by atoms with E-state index in [1.807, 2.05) is 29.4 Å². The van der Waals surface area contributed by atoms with Gasteiger partial charge in [-0.25, -0.2) is 14.6 Å². The van der Waals surface area contributed by atoms with Gasteiger partial charge in [-0.15, -0.1) is 0 Å². The number of rotatable bonds is 3. The zero-order valence-electron chi connectivity index (χ0n) is 13.4. The van der Waals surface area contributed by atoms with Crippen molar-refractivity contribution in [2.45, 2.75) is 20.4 Å². The van der Waals surface area contributed by atoms with Gasteiger partial charge in [-0.05, 0) is 19.4 Å². The zero-order valence-corrected chi connectivity index (χ0v) is 13.4. The average molecular weight is 306 g/mol. The van der Waals surface area contributed by atoms with Gasteiger partial charge in [0, 0.05) is 7.05 Å². The van der Waals surface area contributed by atoms with Crippen LogP contribution in [0.3, 0.4) is 0 Å². The van der Waals surface area contributed by atoms with Gasteiger partial charge in [0.05, 0.1) is 24.8 Å². The van der Waals surface area contributed by atoms with Crippen molar-refractivity contribution in [1.29, 1.82) is 0 Å². The van der Waals surface area contributed by atoms with Crippen LogP contribution in [0.4, 0.5) is 0 Å². The number of imidazole rings is 2. The van der Waals surface area contributed by atoms with Crippen LogP contribution in [0, 0.1) is 13.8 Å². The van der Waals surface area contributed by atoms with Crippen LogP contribution in [0.1, 0.15) is 16.8 Å². The number of fused-ring (bicyclic) bond motifs is 1. The van der Waals surface area contributed by atoms with Gasteiger partial charge in [0.15, 0.2) is 11.5 Å². The van der Waals surface area contributed by atoms with Crippen LogP contribution in [0.2, 0.25) is 0 Å². The number of aromatic amines is 1. The molecule has 116 valence electrons. The largest absolute Gasteiger partial charge is 0.334 e. The van der Waals surface area contributed by atoms with Crippen LogP contribution < -0.4 is 0 Å². The van der Waals surface area contributed by atoms with E-state index < -0.39 is 0 Å². The molecule has 1 N–H and O–H groups in total. The van der Waals surface area contributed by atoms with Gasteiger partial charge < -0.3 is 9.55 Å². The number of nitrogens with one attached hydrogen (secondary N) is 1.